The molecule has 0 aliphatic carbocycles. The molecule has 0 spiro atoms. The minimum Gasteiger partial charge on any atom is -0.496 e. The van der Waals surface area contributed by atoms with Crippen molar-refractivity contribution in [1.29, 1.82) is 0 Å². The van der Waals surface area contributed by atoms with Gasteiger partial charge in [-0.25, -0.2) is 0 Å². The predicted molar refractivity (Wildman–Crippen MR) is 65.6 cm³/mol. The summed E-state index contributed by atoms with van der Waals surface area (Å²) in [7, 11) is 1.72. The molecule has 1 unspecified atom stereocenters. The van der Waals surface area contributed by atoms with E-state index in [1.165, 1.54) is 4.88 Å². The molecule has 1 atom stereocenters. The molecule has 1 N–H and O–H groups in total. The normalized spacial score (nSPS) is 12.8. The smallest absolute Gasteiger partial charge is 0.134 e. The number of methoxy groups -OCH3 is 1. The van der Waals surface area contributed by atoms with Crippen LogP contribution in [-0.4, -0.2) is 25.2 Å². The second-order valence-electron chi connectivity index (χ2n) is 3.15. The molecule has 1 heterocycles. The van der Waals surface area contributed by atoms with E-state index in [9.17, 15) is 0 Å². The number of ether oxygens (including phenoxy) is 1. The minimum atomic E-state index is 0.553. The number of hydrogen-bond donors (Lipinski definition) is 1. The highest BCUT2D eigenvalue weighted by Gasteiger charge is 2.05. The summed E-state index contributed by atoms with van der Waals surface area (Å²) in [5, 5.41) is 5.53. The summed E-state index contributed by atoms with van der Waals surface area (Å²) in [5.74, 6) is 2.15. The van der Waals surface area contributed by atoms with Gasteiger partial charge in [0, 0.05) is 18.3 Å². The first-order valence-electron chi connectivity index (χ1n) is 4.60. The maximum Gasteiger partial charge on any atom is 0.134 e. The average molecular weight is 231 g/mol. The summed E-state index contributed by atoms with van der Waals surface area (Å²) in [6.07, 6.45) is 2.13. The Morgan fingerprint density at radius 2 is 2.43 bits per heavy atom. The second-order valence-corrected chi connectivity index (χ2v) is 5.06. The zero-order chi connectivity index (χ0) is 10.4. The van der Waals surface area contributed by atoms with E-state index in [2.05, 4.69) is 23.9 Å². The van der Waals surface area contributed by atoms with Gasteiger partial charge in [-0.15, -0.1) is 11.3 Å². The van der Waals surface area contributed by atoms with Crippen molar-refractivity contribution >= 4 is 23.1 Å². The third-order valence-corrected chi connectivity index (χ3v) is 3.69. The van der Waals surface area contributed by atoms with Crippen molar-refractivity contribution in [3.63, 3.8) is 0 Å². The van der Waals surface area contributed by atoms with Crippen molar-refractivity contribution in [2.45, 2.75) is 19.5 Å². The van der Waals surface area contributed by atoms with Crippen molar-refractivity contribution < 1.29 is 4.74 Å². The molecular formula is C10H17NOS2. The molecule has 0 aliphatic rings. The highest BCUT2D eigenvalue weighted by Crippen LogP contribution is 2.24. The quantitative estimate of drug-likeness (QED) is 0.813. The van der Waals surface area contributed by atoms with Gasteiger partial charge in [-0.1, -0.05) is 0 Å². The topological polar surface area (TPSA) is 21.3 Å². The monoisotopic (exact) mass is 231 g/mol. The fourth-order valence-electron chi connectivity index (χ4n) is 1.22. The van der Waals surface area contributed by atoms with Crippen molar-refractivity contribution in [3.05, 3.63) is 16.3 Å². The van der Waals surface area contributed by atoms with Crippen LogP contribution in [0.1, 0.15) is 11.8 Å². The molecule has 80 valence electrons. The fraction of sp³-hybridized carbons (Fsp3) is 0.600. The molecule has 0 aliphatic heterocycles. The summed E-state index contributed by atoms with van der Waals surface area (Å²) in [4.78, 5) is 1.28. The van der Waals surface area contributed by atoms with Gasteiger partial charge in [0.05, 0.1) is 12.0 Å². The Labute approximate surface area is 94.0 Å². The molecule has 0 amide bonds. The van der Waals surface area contributed by atoms with E-state index in [0.29, 0.717) is 6.04 Å². The maximum atomic E-state index is 5.24. The summed E-state index contributed by atoms with van der Waals surface area (Å²) in [6.45, 7) is 3.11. The Morgan fingerprint density at radius 1 is 1.64 bits per heavy atom. The highest BCUT2D eigenvalue weighted by atomic mass is 32.2. The molecule has 0 radical (unpaired) electrons. The molecule has 0 saturated carbocycles. The lowest BCUT2D eigenvalue weighted by Gasteiger charge is -2.11. The standard InChI is InChI=1S/C10H17NOS2/c1-8(7-13-3)11-6-10-9(12-2)4-5-14-10/h4-5,8,11H,6-7H2,1-3H3. The van der Waals surface area contributed by atoms with Crippen LogP contribution in [0.3, 0.4) is 0 Å². The van der Waals surface area contributed by atoms with Gasteiger partial charge < -0.3 is 10.1 Å². The average Bonchev–Trinajstić information content (AvgIpc) is 2.62. The van der Waals surface area contributed by atoms with Crippen LogP contribution in [0.25, 0.3) is 0 Å². The van der Waals surface area contributed by atoms with Gasteiger partial charge in [0.25, 0.3) is 0 Å². The molecule has 2 nitrogen and oxygen atoms in total. The first-order chi connectivity index (χ1) is 6.77. The molecule has 0 fully saturated rings. The first-order valence-corrected chi connectivity index (χ1v) is 6.88. The van der Waals surface area contributed by atoms with Crippen LogP contribution in [-0.2, 0) is 6.54 Å². The van der Waals surface area contributed by atoms with E-state index in [0.717, 1.165) is 18.0 Å². The third-order valence-electron chi connectivity index (χ3n) is 1.95. The van der Waals surface area contributed by atoms with Crippen LogP contribution in [0.2, 0.25) is 0 Å². The van der Waals surface area contributed by atoms with Crippen LogP contribution >= 0.6 is 23.1 Å². The molecule has 0 bridgehead atoms. The number of thioether (sulfide) groups is 1. The van der Waals surface area contributed by atoms with Crippen molar-refractivity contribution in [1.82, 2.24) is 5.32 Å². The Balaban J connectivity index is 2.37. The van der Waals surface area contributed by atoms with Gasteiger partial charge in [-0.3, -0.25) is 0 Å². The minimum absolute atomic E-state index is 0.553. The van der Waals surface area contributed by atoms with Gasteiger partial charge in [0.2, 0.25) is 0 Å². The van der Waals surface area contributed by atoms with Crippen LogP contribution in [0, 0.1) is 0 Å². The summed E-state index contributed by atoms with van der Waals surface area (Å²) in [5.41, 5.74) is 0. The van der Waals surface area contributed by atoms with Crippen LogP contribution < -0.4 is 10.1 Å². The lowest BCUT2D eigenvalue weighted by atomic mass is 10.3. The third kappa shape index (κ3) is 3.52. The SMILES string of the molecule is COc1ccsc1CNC(C)CSC. The Bertz CT molecular complexity index is 262. The summed E-state index contributed by atoms with van der Waals surface area (Å²) in [6, 6.07) is 2.57. The zero-order valence-electron chi connectivity index (χ0n) is 8.87. The first kappa shape index (κ1) is 11.9. The molecule has 0 saturated heterocycles. The number of thiophene rings is 1. The molecule has 4 heteroatoms. The zero-order valence-corrected chi connectivity index (χ0v) is 10.5. The van der Waals surface area contributed by atoms with Crippen molar-refractivity contribution in [2.75, 3.05) is 19.1 Å². The van der Waals surface area contributed by atoms with E-state index in [-0.39, 0.29) is 0 Å². The Kier molecular flexibility index (Phi) is 5.37. The number of nitrogens with one attached hydrogen (secondary N) is 1. The van der Waals surface area contributed by atoms with Crippen molar-refractivity contribution in [2.24, 2.45) is 0 Å². The van der Waals surface area contributed by atoms with E-state index in [1.54, 1.807) is 18.4 Å². The van der Waals surface area contributed by atoms with Gasteiger partial charge in [-0.2, -0.15) is 11.8 Å². The predicted octanol–water partition coefficient (Wildman–Crippen LogP) is 2.60. The van der Waals surface area contributed by atoms with Crippen LogP contribution in [0.4, 0.5) is 0 Å². The molecule has 14 heavy (non-hydrogen) atoms. The second kappa shape index (κ2) is 6.32. The van der Waals surface area contributed by atoms with Crippen LogP contribution in [0.5, 0.6) is 5.75 Å². The van der Waals surface area contributed by atoms with E-state index < -0.39 is 0 Å². The summed E-state index contributed by atoms with van der Waals surface area (Å²) >= 11 is 3.61. The molecule has 1 aromatic rings. The molecular weight excluding hydrogens is 214 g/mol. The lowest BCUT2D eigenvalue weighted by Crippen LogP contribution is -2.27. The van der Waals surface area contributed by atoms with Crippen molar-refractivity contribution in [3.8, 4) is 5.75 Å². The summed E-state index contributed by atoms with van der Waals surface area (Å²) < 4.78 is 5.24. The van der Waals surface area contributed by atoms with E-state index in [4.69, 9.17) is 4.74 Å². The van der Waals surface area contributed by atoms with Gasteiger partial charge in [-0.05, 0) is 24.6 Å². The Hall–Kier alpha value is -0.190. The largest absolute Gasteiger partial charge is 0.496 e. The number of hydrogen-bond acceptors (Lipinski definition) is 4. The van der Waals surface area contributed by atoms with Gasteiger partial charge in [0.15, 0.2) is 0 Å². The Morgan fingerprint density at radius 3 is 3.07 bits per heavy atom. The van der Waals surface area contributed by atoms with Gasteiger partial charge >= 0.3 is 0 Å². The highest BCUT2D eigenvalue weighted by molar-refractivity contribution is 7.98. The van der Waals surface area contributed by atoms with Gasteiger partial charge in [0.1, 0.15) is 5.75 Å². The lowest BCUT2D eigenvalue weighted by molar-refractivity contribution is 0.409. The molecule has 1 rings (SSSR count). The van der Waals surface area contributed by atoms with Crippen LogP contribution in [0.15, 0.2) is 11.4 Å². The van der Waals surface area contributed by atoms with E-state index >= 15 is 0 Å². The van der Waals surface area contributed by atoms with E-state index in [1.807, 2.05) is 17.8 Å². The molecule has 1 aromatic heterocycles. The maximum absolute atomic E-state index is 5.24. The molecule has 0 aromatic carbocycles. The fourth-order valence-corrected chi connectivity index (χ4v) is 2.62. The number of rotatable bonds is 6.